The molecule has 1 aliphatic rings. The van der Waals surface area contributed by atoms with Crippen LogP contribution in [-0.2, 0) is 9.59 Å². The third kappa shape index (κ3) is 2.47. The van der Waals surface area contributed by atoms with E-state index in [1.807, 2.05) is 25.8 Å². The number of nitrogens with zero attached hydrogens (tertiary/aromatic N) is 2. The molecule has 2 unspecified atom stereocenters. The normalized spacial score (nSPS) is 28.2. The topological polar surface area (TPSA) is 60.9 Å². The van der Waals surface area contributed by atoms with Gasteiger partial charge in [0.1, 0.15) is 0 Å². The maximum atomic E-state index is 11.9. The lowest BCUT2D eigenvalue weighted by molar-refractivity contribution is -0.150. The van der Waals surface area contributed by atoms with Crippen molar-refractivity contribution in [3.05, 3.63) is 0 Å². The van der Waals surface area contributed by atoms with Gasteiger partial charge in [0.05, 0.1) is 12.5 Å². The summed E-state index contributed by atoms with van der Waals surface area (Å²) in [5.41, 5.74) is 0. The molecule has 1 rings (SSSR count). The molecule has 0 aromatic carbocycles. The minimum Gasteiger partial charge on any atom is -0.481 e. The molecule has 1 N–H and O–H groups in total. The van der Waals surface area contributed by atoms with Gasteiger partial charge in [0, 0.05) is 19.1 Å². The summed E-state index contributed by atoms with van der Waals surface area (Å²) in [7, 11) is 1.81. The van der Waals surface area contributed by atoms with E-state index < -0.39 is 12.0 Å². The molecule has 86 valence electrons. The molecule has 0 radical (unpaired) electrons. The number of hydrogen-bond acceptors (Lipinski definition) is 3. The van der Waals surface area contributed by atoms with E-state index in [4.69, 9.17) is 5.11 Å². The van der Waals surface area contributed by atoms with Gasteiger partial charge < -0.3 is 10.0 Å². The van der Waals surface area contributed by atoms with E-state index in [-0.39, 0.29) is 18.4 Å². The second-order valence-corrected chi connectivity index (χ2v) is 4.01. The Labute approximate surface area is 89.7 Å². The maximum absolute atomic E-state index is 11.9. The number of carboxylic acid groups (broad SMARTS) is 1. The minimum atomic E-state index is -0.926. The van der Waals surface area contributed by atoms with Crippen molar-refractivity contribution in [2.24, 2.45) is 0 Å². The van der Waals surface area contributed by atoms with Crippen molar-refractivity contribution < 1.29 is 14.7 Å². The number of carboxylic acids is 1. The summed E-state index contributed by atoms with van der Waals surface area (Å²) in [6, 6.07) is -0.293. The molecule has 2 atom stereocenters. The highest BCUT2D eigenvalue weighted by Gasteiger charge is 2.36. The molecule has 5 heteroatoms. The van der Waals surface area contributed by atoms with Crippen LogP contribution < -0.4 is 0 Å². The molecule has 0 aromatic heterocycles. The number of carbonyl (C=O) groups excluding carboxylic acids is 1. The Morgan fingerprint density at radius 1 is 1.60 bits per heavy atom. The third-order valence-corrected chi connectivity index (χ3v) is 3.02. The van der Waals surface area contributed by atoms with Gasteiger partial charge in [-0.25, -0.2) is 0 Å². The van der Waals surface area contributed by atoms with Crippen LogP contribution in [0.5, 0.6) is 0 Å². The number of piperazine rings is 1. The lowest BCUT2D eigenvalue weighted by Gasteiger charge is -2.42. The molecule has 0 saturated carbocycles. The molecule has 0 aromatic rings. The van der Waals surface area contributed by atoms with Gasteiger partial charge in [-0.1, -0.05) is 0 Å². The van der Waals surface area contributed by atoms with Crippen LogP contribution in [0.3, 0.4) is 0 Å². The molecule has 0 spiro atoms. The quantitative estimate of drug-likeness (QED) is 0.719. The number of rotatable bonds is 3. The van der Waals surface area contributed by atoms with Crippen LogP contribution in [0.15, 0.2) is 0 Å². The molecule has 0 aliphatic carbocycles. The van der Waals surface area contributed by atoms with Gasteiger partial charge in [-0.05, 0) is 20.9 Å². The van der Waals surface area contributed by atoms with Crippen LogP contribution in [-0.4, -0.2) is 59.0 Å². The number of amides is 1. The van der Waals surface area contributed by atoms with Gasteiger partial charge in [0.15, 0.2) is 0 Å². The fraction of sp³-hybridized carbons (Fsp3) is 0.800. The second-order valence-electron chi connectivity index (χ2n) is 4.01. The fourth-order valence-corrected chi connectivity index (χ4v) is 1.91. The Morgan fingerprint density at radius 3 is 2.67 bits per heavy atom. The predicted molar refractivity (Wildman–Crippen MR) is 55.5 cm³/mol. The molecule has 0 bridgehead atoms. The standard InChI is InChI=1S/C10H18N2O3/c1-4-12-6-7(2)11(3)8(10(12)15)5-9(13)14/h7-8H,4-6H2,1-3H3,(H,13,14). The first-order valence-electron chi connectivity index (χ1n) is 5.19. The first kappa shape index (κ1) is 12.0. The molecule has 1 fully saturated rings. The Balaban J connectivity index is 2.79. The smallest absolute Gasteiger partial charge is 0.305 e. The SMILES string of the molecule is CCN1CC(C)N(C)C(CC(=O)O)C1=O. The number of likely N-dealkylation sites (N-methyl/N-ethyl adjacent to an activating group) is 2. The van der Waals surface area contributed by atoms with E-state index in [2.05, 4.69) is 0 Å². The summed E-state index contributed by atoms with van der Waals surface area (Å²) in [6.07, 6.45) is -0.115. The third-order valence-electron chi connectivity index (χ3n) is 3.02. The summed E-state index contributed by atoms with van der Waals surface area (Å²) < 4.78 is 0. The van der Waals surface area contributed by atoms with Crippen molar-refractivity contribution in [3.63, 3.8) is 0 Å². The monoisotopic (exact) mass is 214 g/mol. The van der Waals surface area contributed by atoms with Crippen molar-refractivity contribution in [1.29, 1.82) is 0 Å². The molecule has 1 aliphatic heterocycles. The van der Waals surface area contributed by atoms with E-state index in [9.17, 15) is 9.59 Å². The molecule has 15 heavy (non-hydrogen) atoms. The summed E-state index contributed by atoms with van der Waals surface area (Å²) >= 11 is 0. The fourth-order valence-electron chi connectivity index (χ4n) is 1.91. The Hall–Kier alpha value is -1.10. The van der Waals surface area contributed by atoms with Crippen molar-refractivity contribution in [2.45, 2.75) is 32.4 Å². The highest BCUT2D eigenvalue weighted by atomic mass is 16.4. The van der Waals surface area contributed by atoms with Crippen LogP contribution in [0.2, 0.25) is 0 Å². The van der Waals surface area contributed by atoms with Gasteiger partial charge in [0.25, 0.3) is 0 Å². The number of carbonyl (C=O) groups is 2. The first-order chi connectivity index (χ1) is 6.97. The first-order valence-corrected chi connectivity index (χ1v) is 5.19. The molecule has 5 nitrogen and oxygen atoms in total. The van der Waals surface area contributed by atoms with E-state index in [0.29, 0.717) is 13.1 Å². The van der Waals surface area contributed by atoms with Crippen LogP contribution in [0.25, 0.3) is 0 Å². The van der Waals surface area contributed by atoms with Crippen molar-refractivity contribution in [2.75, 3.05) is 20.1 Å². The molecule has 1 amide bonds. The van der Waals surface area contributed by atoms with Gasteiger partial charge >= 0.3 is 5.97 Å². The minimum absolute atomic E-state index is 0.0690. The number of aliphatic carboxylic acids is 1. The lowest BCUT2D eigenvalue weighted by atomic mass is 10.0. The second kappa shape index (κ2) is 4.61. The highest BCUT2D eigenvalue weighted by molar-refractivity contribution is 5.86. The van der Waals surface area contributed by atoms with Crippen LogP contribution >= 0.6 is 0 Å². The van der Waals surface area contributed by atoms with Gasteiger partial charge in [-0.3, -0.25) is 14.5 Å². The average Bonchev–Trinajstić information content (AvgIpc) is 2.18. The molecular weight excluding hydrogens is 196 g/mol. The van der Waals surface area contributed by atoms with E-state index >= 15 is 0 Å². The summed E-state index contributed by atoms with van der Waals surface area (Å²) in [5.74, 6) is -0.995. The van der Waals surface area contributed by atoms with E-state index in [1.54, 1.807) is 4.90 Å². The zero-order valence-electron chi connectivity index (χ0n) is 9.43. The van der Waals surface area contributed by atoms with Gasteiger partial charge in [-0.2, -0.15) is 0 Å². The lowest BCUT2D eigenvalue weighted by Crippen LogP contribution is -2.59. The zero-order chi connectivity index (χ0) is 11.6. The molecule has 1 saturated heterocycles. The van der Waals surface area contributed by atoms with Crippen LogP contribution in [0, 0.1) is 0 Å². The van der Waals surface area contributed by atoms with Gasteiger partial charge in [0.2, 0.25) is 5.91 Å². The van der Waals surface area contributed by atoms with Crippen molar-refractivity contribution >= 4 is 11.9 Å². The Bertz CT molecular complexity index is 267. The van der Waals surface area contributed by atoms with Crippen LogP contribution in [0.4, 0.5) is 0 Å². The van der Waals surface area contributed by atoms with Crippen molar-refractivity contribution in [1.82, 2.24) is 9.80 Å². The molecular formula is C10H18N2O3. The Morgan fingerprint density at radius 2 is 2.20 bits per heavy atom. The zero-order valence-corrected chi connectivity index (χ0v) is 9.43. The average molecular weight is 214 g/mol. The molecule has 1 heterocycles. The summed E-state index contributed by atoms with van der Waals surface area (Å²) in [6.45, 7) is 5.24. The van der Waals surface area contributed by atoms with Crippen molar-refractivity contribution in [3.8, 4) is 0 Å². The summed E-state index contributed by atoms with van der Waals surface area (Å²) in [5, 5.41) is 8.75. The Kier molecular flexibility index (Phi) is 3.68. The van der Waals surface area contributed by atoms with E-state index in [1.165, 1.54) is 0 Å². The van der Waals surface area contributed by atoms with E-state index in [0.717, 1.165) is 0 Å². The largest absolute Gasteiger partial charge is 0.481 e. The highest BCUT2D eigenvalue weighted by Crippen LogP contribution is 2.17. The summed E-state index contributed by atoms with van der Waals surface area (Å²) in [4.78, 5) is 26.1. The van der Waals surface area contributed by atoms with Crippen LogP contribution in [0.1, 0.15) is 20.3 Å². The number of hydrogen-bond donors (Lipinski definition) is 1. The maximum Gasteiger partial charge on any atom is 0.305 e. The predicted octanol–water partition coefficient (Wildman–Crippen LogP) is 0.0121. The van der Waals surface area contributed by atoms with Gasteiger partial charge in [-0.15, -0.1) is 0 Å².